The smallest absolute Gasteiger partial charge is 0.412 e. The van der Waals surface area contributed by atoms with Gasteiger partial charge in [0.25, 0.3) is 0 Å². The molecule has 3 N–H and O–H groups in total. The second kappa shape index (κ2) is 11.3. The van der Waals surface area contributed by atoms with Crippen molar-refractivity contribution in [2.75, 3.05) is 29.9 Å². The fraction of sp³-hybridized carbons (Fsp3) is 0.250. The summed E-state index contributed by atoms with van der Waals surface area (Å²) in [5.41, 5.74) is 1.67. The first kappa shape index (κ1) is 29.4. The third kappa shape index (κ3) is 6.66. The molecular formula is C28H28FN3O8S2. The van der Waals surface area contributed by atoms with Gasteiger partial charge in [0.05, 0.1) is 23.1 Å². The van der Waals surface area contributed by atoms with Gasteiger partial charge in [-0.2, -0.15) is 0 Å². The lowest BCUT2D eigenvalue weighted by Gasteiger charge is -2.24. The van der Waals surface area contributed by atoms with Crippen LogP contribution in [0.4, 0.5) is 14.9 Å². The van der Waals surface area contributed by atoms with Crippen LogP contribution in [0.1, 0.15) is 24.3 Å². The molecule has 1 saturated carbocycles. The van der Waals surface area contributed by atoms with E-state index in [-0.39, 0.29) is 41.1 Å². The summed E-state index contributed by atoms with van der Waals surface area (Å²) in [7, 11) is -6.44. The van der Waals surface area contributed by atoms with Crippen LogP contribution in [0, 0.1) is 5.82 Å². The highest BCUT2D eigenvalue weighted by Gasteiger charge is 2.33. The molecule has 1 heterocycles. The first-order valence-electron chi connectivity index (χ1n) is 12.8. The number of carbonyl (C=O) groups excluding carboxylic acids is 1. The molecular weight excluding hydrogens is 589 g/mol. The first-order valence-corrected chi connectivity index (χ1v) is 16.4. The predicted molar refractivity (Wildman–Crippen MR) is 155 cm³/mol. The van der Waals surface area contributed by atoms with Crippen molar-refractivity contribution in [1.29, 1.82) is 0 Å². The van der Waals surface area contributed by atoms with Crippen molar-refractivity contribution in [1.82, 2.24) is 5.32 Å². The number of furan rings is 1. The lowest BCUT2D eigenvalue weighted by molar-refractivity contribution is 0.203. The van der Waals surface area contributed by atoms with Crippen molar-refractivity contribution in [3.05, 3.63) is 72.0 Å². The average Bonchev–Trinajstić information content (AvgIpc) is 3.71. The topological polar surface area (TPSA) is 158 Å². The van der Waals surface area contributed by atoms with E-state index in [1.807, 2.05) is 0 Å². The summed E-state index contributed by atoms with van der Waals surface area (Å²) in [6.07, 6.45) is 1.85. The van der Waals surface area contributed by atoms with Crippen molar-refractivity contribution >= 4 is 42.8 Å². The summed E-state index contributed by atoms with van der Waals surface area (Å²) in [5.74, 6) is 0.294. The van der Waals surface area contributed by atoms with Gasteiger partial charge in [-0.25, -0.2) is 31.2 Å². The largest absolute Gasteiger partial charge is 0.457 e. The number of carbonyl (C=O) groups is 1. The van der Waals surface area contributed by atoms with E-state index < -0.39 is 31.9 Å². The molecule has 0 atom stereocenters. The molecule has 11 nitrogen and oxygen atoms in total. The van der Waals surface area contributed by atoms with Gasteiger partial charge in [0.1, 0.15) is 22.9 Å². The highest BCUT2D eigenvalue weighted by atomic mass is 32.2. The van der Waals surface area contributed by atoms with E-state index in [9.17, 15) is 26.0 Å². The van der Waals surface area contributed by atoms with Gasteiger partial charge in [0.15, 0.2) is 11.5 Å². The van der Waals surface area contributed by atoms with Gasteiger partial charge in [-0.3, -0.25) is 4.31 Å². The molecule has 3 aromatic carbocycles. The molecule has 14 heteroatoms. The van der Waals surface area contributed by atoms with Crippen LogP contribution in [0.5, 0.6) is 17.2 Å². The third-order valence-corrected chi connectivity index (χ3v) is 8.55. The Morgan fingerprint density at radius 3 is 2.21 bits per heavy atom. The van der Waals surface area contributed by atoms with E-state index in [0.29, 0.717) is 28.0 Å². The fourth-order valence-electron chi connectivity index (χ4n) is 4.49. The third-order valence-electron chi connectivity index (χ3n) is 6.62. The molecule has 0 aliphatic heterocycles. The molecule has 0 bridgehead atoms. The molecule has 0 radical (unpaired) electrons. The lowest BCUT2D eigenvalue weighted by atomic mass is 10.0. The standard InChI is InChI=1S/C28H28FN3O8S2/c1-31-28(33)40-27-23-15-22(17-3-4-17)24(32(41(2,34)35)13-14-42(30,36)37)16-25(23)39-26(27)18-5-9-20(10-6-18)38-21-11-7-19(29)8-12-21/h5-12,15-17H,3-4,13-14H2,1-2H3,(H,31,33)(H2,30,36,37). The highest BCUT2D eigenvalue weighted by molar-refractivity contribution is 7.92. The summed E-state index contributed by atoms with van der Waals surface area (Å²) in [4.78, 5) is 12.3. The molecule has 0 spiro atoms. The zero-order valence-electron chi connectivity index (χ0n) is 22.7. The summed E-state index contributed by atoms with van der Waals surface area (Å²) in [6, 6.07) is 15.5. The molecule has 1 aliphatic rings. The molecule has 5 rings (SSSR count). The Morgan fingerprint density at radius 1 is 1.05 bits per heavy atom. The first-order chi connectivity index (χ1) is 19.8. The van der Waals surface area contributed by atoms with Gasteiger partial charge in [-0.15, -0.1) is 0 Å². The number of halogens is 1. The van der Waals surface area contributed by atoms with Crippen molar-refractivity contribution in [3.63, 3.8) is 0 Å². The summed E-state index contributed by atoms with van der Waals surface area (Å²) in [6.45, 7) is -0.381. The lowest BCUT2D eigenvalue weighted by Crippen LogP contribution is -2.36. The number of ether oxygens (including phenoxy) is 2. The number of primary sulfonamides is 1. The summed E-state index contributed by atoms with van der Waals surface area (Å²) >= 11 is 0. The fourth-order valence-corrected chi connectivity index (χ4v) is 5.98. The Hall–Kier alpha value is -4.14. The van der Waals surface area contributed by atoms with Crippen LogP contribution >= 0.6 is 0 Å². The number of nitrogens with one attached hydrogen (secondary N) is 1. The van der Waals surface area contributed by atoms with Crippen molar-refractivity contribution in [3.8, 4) is 28.6 Å². The number of amides is 1. The van der Waals surface area contributed by atoms with E-state index in [2.05, 4.69) is 5.32 Å². The van der Waals surface area contributed by atoms with Crippen LogP contribution < -0.4 is 24.2 Å². The van der Waals surface area contributed by atoms with Crippen molar-refractivity contribution in [2.24, 2.45) is 5.14 Å². The number of anilines is 1. The maximum Gasteiger partial charge on any atom is 0.412 e. The number of hydrogen-bond donors (Lipinski definition) is 2. The van der Waals surface area contributed by atoms with Crippen LogP contribution in [0.2, 0.25) is 0 Å². The number of sulfonamides is 2. The monoisotopic (exact) mass is 617 g/mol. The van der Waals surface area contributed by atoms with E-state index in [0.717, 1.165) is 23.4 Å². The molecule has 42 heavy (non-hydrogen) atoms. The Kier molecular flexibility index (Phi) is 7.88. The maximum atomic E-state index is 13.2. The zero-order valence-corrected chi connectivity index (χ0v) is 24.3. The molecule has 4 aromatic rings. The van der Waals surface area contributed by atoms with Crippen LogP contribution in [-0.4, -0.2) is 48.5 Å². The van der Waals surface area contributed by atoms with Gasteiger partial charge in [0.2, 0.25) is 20.0 Å². The Morgan fingerprint density at radius 2 is 1.67 bits per heavy atom. The molecule has 1 aliphatic carbocycles. The minimum Gasteiger partial charge on any atom is -0.457 e. The minimum absolute atomic E-state index is 0.0252. The van der Waals surface area contributed by atoms with Gasteiger partial charge in [-0.05, 0) is 78.9 Å². The SMILES string of the molecule is CNC(=O)Oc1c(-c2ccc(Oc3ccc(F)cc3)cc2)oc2cc(N(CCS(N)(=O)=O)S(C)(=O)=O)c(C3CC3)cc12. The van der Waals surface area contributed by atoms with Gasteiger partial charge in [0, 0.05) is 25.2 Å². The number of fused-ring (bicyclic) bond motifs is 1. The number of rotatable bonds is 10. The Labute approximate surface area is 242 Å². The zero-order chi connectivity index (χ0) is 30.2. The molecule has 1 aromatic heterocycles. The summed E-state index contributed by atoms with van der Waals surface area (Å²) < 4.78 is 80.7. The van der Waals surface area contributed by atoms with Gasteiger partial charge < -0.3 is 19.2 Å². The van der Waals surface area contributed by atoms with Crippen molar-refractivity contribution in [2.45, 2.75) is 18.8 Å². The maximum absolute atomic E-state index is 13.2. The van der Waals surface area contributed by atoms with Crippen molar-refractivity contribution < 1.29 is 39.9 Å². The number of nitrogens with zero attached hydrogens (tertiary/aromatic N) is 1. The number of hydrogen-bond acceptors (Lipinski definition) is 8. The number of benzene rings is 3. The molecule has 222 valence electrons. The number of nitrogens with two attached hydrogens (primary N) is 1. The summed E-state index contributed by atoms with van der Waals surface area (Å²) in [5, 5.41) is 8.01. The Balaban J connectivity index is 1.60. The van der Waals surface area contributed by atoms with Gasteiger partial charge in [-0.1, -0.05) is 0 Å². The van der Waals surface area contributed by atoms with Crippen LogP contribution in [0.15, 0.2) is 65.1 Å². The van der Waals surface area contributed by atoms with E-state index >= 15 is 0 Å². The normalized spacial score (nSPS) is 13.6. The second-order valence-corrected chi connectivity index (χ2v) is 13.5. The van der Waals surface area contributed by atoms with Crippen LogP contribution in [0.25, 0.3) is 22.3 Å². The van der Waals surface area contributed by atoms with E-state index in [1.165, 1.54) is 37.4 Å². The van der Waals surface area contributed by atoms with Crippen LogP contribution in [0.3, 0.4) is 0 Å². The molecule has 1 fully saturated rings. The molecule has 1 amide bonds. The molecule has 0 unspecified atom stereocenters. The quantitative estimate of drug-likeness (QED) is 0.260. The second-order valence-electron chi connectivity index (χ2n) is 9.86. The van der Waals surface area contributed by atoms with E-state index in [1.54, 1.807) is 30.3 Å². The highest BCUT2D eigenvalue weighted by Crippen LogP contribution is 2.49. The van der Waals surface area contributed by atoms with Gasteiger partial charge >= 0.3 is 6.09 Å². The average molecular weight is 618 g/mol. The van der Waals surface area contributed by atoms with Crippen LogP contribution in [-0.2, 0) is 20.0 Å². The minimum atomic E-state index is -3.95. The molecule has 0 saturated heterocycles. The predicted octanol–water partition coefficient (Wildman–Crippen LogP) is 4.68. The van der Waals surface area contributed by atoms with E-state index in [4.69, 9.17) is 19.0 Å². The Bertz CT molecular complexity index is 1850.